The molecule has 0 saturated heterocycles. The SMILES string of the molecule is [2H]c1c([2H])c(N(c2ccc(-c3cccc4ccccc34)cc2)c2ccc(-c3cc4ccccc4c4ccccc34)cc2)c([2H])c([2H])c1-c1cccc2oc3ccccc3c12. The lowest BCUT2D eigenvalue weighted by Crippen LogP contribution is -2.09. The Morgan fingerprint density at radius 2 is 0.875 bits per heavy atom. The summed E-state index contributed by atoms with van der Waals surface area (Å²) in [6, 6.07) is 62.8. The van der Waals surface area contributed by atoms with E-state index in [4.69, 9.17) is 4.42 Å². The maximum atomic E-state index is 9.64. The molecule has 56 heavy (non-hydrogen) atoms. The highest BCUT2D eigenvalue weighted by molar-refractivity contribution is 6.14. The molecule has 0 bridgehead atoms. The van der Waals surface area contributed by atoms with Crippen molar-refractivity contribution >= 4 is 71.3 Å². The molecular formula is C54H35NO. The van der Waals surface area contributed by atoms with Crippen LogP contribution in [0.1, 0.15) is 5.48 Å². The van der Waals surface area contributed by atoms with Gasteiger partial charge in [0.1, 0.15) is 11.2 Å². The quantitative estimate of drug-likeness (QED) is 0.159. The first kappa shape index (κ1) is 28.1. The highest BCUT2D eigenvalue weighted by atomic mass is 16.3. The van der Waals surface area contributed by atoms with Gasteiger partial charge in [0.2, 0.25) is 0 Å². The molecule has 10 aromatic carbocycles. The van der Waals surface area contributed by atoms with E-state index in [9.17, 15) is 5.48 Å². The average Bonchev–Trinajstić information content (AvgIpc) is 3.69. The molecule has 0 spiro atoms. The number of benzene rings is 10. The number of para-hydroxylation sites is 1. The summed E-state index contributed by atoms with van der Waals surface area (Å²) in [5.74, 6) is 0. The van der Waals surface area contributed by atoms with Crippen LogP contribution in [0.2, 0.25) is 0 Å². The molecule has 11 rings (SSSR count). The van der Waals surface area contributed by atoms with Crippen LogP contribution >= 0.6 is 0 Å². The van der Waals surface area contributed by atoms with Crippen molar-refractivity contribution in [1.29, 1.82) is 0 Å². The lowest BCUT2D eigenvalue weighted by Gasteiger charge is -2.26. The second kappa shape index (κ2) is 13.2. The minimum atomic E-state index is -0.140. The fraction of sp³-hybridized carbons (Fsp3) is 0. The van der Waals surface area contributed by atoms with Gasteiger partial charge in [-0.3, -0.25) is 0 Å². The first-order chi connectivity index (χ1) is 29.4. The number of hydrogen-bond donors (Lipinski definition) is 0. The minimum Gasteiger partial charge on any atom is -0.456 e. The Kier molecular flexibility index (Phi) is 6.60. The first-order valence-corrected chi connectivity index (χ1v) is 18.8. The van der Waals surface area contributed by atoms with Crippen LogP contribution in [0.3, 0.4) is 0 Å². The van der Waals surface area contributed by atoms with Crippen LogP contribution in [0.15, 0.2) is 217 Å². The Labute approximate surface area is 330 Å². The maximum absolute atomic E-state index is 9.64. The summed E-state index contributed by atoms with van der Waals surface area (Å²) < 4.78 is 44.5. The Bertz CT molecular complexity index is 3450. The zero-order valence-electron chi connectivity index (χ0n) is 34.3. The lowest BCUT2D eigenvalue weighted by molar-refractivity contribution is 0.669. The van der Waals surface area contributed by atoms with Gasteiger partial charge in [-0.05, 0) is 120 Å². The van der Waals surface area contributed by atoms with Crippen molar-refractivity contribution in [3.8, 4) is 33.4 Å². The van der Waals surface area contributed by atoms with Crippen molar-refractivity contribution in [3.63, 3.8) is 0 Å². The largest absolute Gasteiger partial charge is 0.456 e. The molecule has 0 aliphatic carbocycles. The summed E-state index contributed by atoms with van der Waals surface area (Å²) in [6.45, 7) is 0. The average molecular weight is 718 g/mol. The van der Waals surface area contributed by atoms with Crippen LogP contribution in [0.25, 0.3) is 87.6 Å². The summed E-state index contributed by atoms with van der Waals surface area (Å²) in [4.78, 5) is 1.85. The van der Waals surface area contributed by atoms with Gasteiger partial charge in [-0.15, -0.1) is 0 Å². The van der Waals surface area contributed by atoms with E-state index in [1.54, 1.807) is 0 Å². The number of anilines is 3. The van der Waals surface area contributed by atoms with Gasteiger partial charge in [-0.2, -0.15) is 0 Å². The van der Waals surface area contributed by atoms with E-state index in [0.29, 0.717) is 28.1 Å². The van der Waals surface area contributed by atoms with Gasteiger partial charge in [0.05, 0.1) is 5.48 Å². The second-order valence-electron chi connectivity index (χ2n) is 14.1. The van der Waals surface area contributed by atoms with E-state index in [-0.39, 0.29) is 35.4 Å². The molecule has 0 fully saturated rings. The molecule has 0 amide bonds. The molecule has 1 heterocycles. The van der Waals surface area contributed by atoms with E-state index in [1.165, 1.54) is 10.8 Å². The van der Waals surface area contributed by atoms with Gasteiger partial charge in [-0.25, -0.2) is 0 Å². The number of rotatable bonds is 6. The van der Waals surface area contributed by atoms with E-state index in [2.05, 4.69) is 109 Å². The number of hydrogen-bond acceptors (Lipinski definition) is 2. The maximum Gasteiger partial charge on any atom is 0.136 e. The molecule has 11 aromatic rings. The topological polar surface area (TPSA) is 16.4 Å². The van der Waals surface area contributed by atoms with E-state index in [1.807, 2.05) is 83.8 Å². The minimum absolute atomic E-state index is 0.125. The third-order valence-corrected chi connectivity index (χ3v) is 10.9. The molecule has 0 atom stereocenters. The predicted octanol–water partition coefficient (Wildman–Crippen LogP) is 15.5. The third-order valence-electron chi connectivity index (χ3n) is 10.9. The lowest BCUT2D eigenvalue weighted by atomic mass is 9.93. The van der Waals surface area contributed by atoms with Crippen molar-refractivity contribution in [2.24, 2.45) is 0 Å². The molecular weight excluding hydrogens is 679 g/mol. The van der Waals surface area contributed by atoms with Crippen molar-refractivity contribution in [2.75, 3.05) is 4.90 Å². The molecule has 2 heteroatoms. The predicted molar refractivity (Wildman–Crippen MR) is 237 cm³/mol. The smallest absolute Gasteiger partial charge is 0.136 e. The van der Waals surface area contributed by atoms with Gasteiger partial charge in [0, 0.05) is 27.8 Å². The van der Waals surface area contributed by atoms with E-state index in [0.717, 1.165) is 54.6 Å². The van der Waals surface area contributed by atoms with Gasteiger partial charge in [0.15, 0.2) is 0 Å². The molecule has 1 aromatic heterocycles. The molecule has 262 valence electrons. The monoisotopic (exact) mass is 717 g/mol. The third kappa shape index (κ3) is 5.34. The van der Waals surface area contributed by atoms with Crippen molar-refractivity contribution in [1.82, 2.24) is 0 Å². The van der Waals surface area contributed by atoms with Gasteiger partial charge < -0.3 is 9.32 Å². The summed E-state index contributed by atoms with van der Waals surface area (Å²) >= 11 is 0. The van der Waals surface area contributed by atoms with Crippen LogP contribution in [0.4, 0.5) is 17.1 Å². The molecule has 0 radical (unpaired) electrons. The van der Waals surface area contributed by atoms with Crippen molar-refractivity contribution in [2.45, 2.75) is 0 Å². The van der Waals surface area contributed by atoms with Crippen molar-refractivity contribution in [3.05, 3.63) is 212 Å². The van der Waals surface area contributed by atoms with E-state index >= 15 is 0 Å². The normalized spacial score (nSPS) is 12.6. The molecule has 0 saturated carbocycles. The van der Waals surface area contributed by atoms with Crippen LogP contribution in [0.5, 0.6) is 0 Å². The Morgan fingerprint density at radius 1 is 0.339 bits per heavy atom. The Balaban J connectivity index is 1.09. The second-order valence-corrected chi connectivity index (χ2v) is 14.1. The zero-order chi connectivity index (χ0) is 40.5. The first-order valence-electron chi connectivity index (χ1n) is 20.8. The molecule has 0 aliphatic heterocycles. The zero-order valence-corrected chi connectivity index (χ0v) is 30.3. The van der Waals surface area contributed by atoms with Crippen LogP contribution in [-0.2, 0) is 0 Å². The summed E-state index contributed by atoms with van der Waals surface area (Å²) in [6.07, 6.45) is 0. The Morgan fingerprint density at radius 3 is 1.62 bits per heavy atom. The van der Waals surface area contributed by atoms with Crippen LogP contribution in [-0.4, -0.2) is 0 Å². The van der Waals surface area contributed by atoms with E-state index < -0.39 is 0 Å². The summed E-state index contributed by atoms with van der Waals surface area (Å²) in [5.41, 5.74) is 8.01. The molecule has 2 nitrogen and oxygen atoms in total. The number of furan rings is 1. The van der Waals surface area contributed by atoms with Gasteiger partial charge in [0.25, 0.3) is 0 Å². The standard InChI is InChI=1S/C54H35NO/c1-3-14-44-36(11-1)13-9-19-45(44)37-23-29-41(30-24-37)55(42-31-25-38(26-32-42)47-20-10-22-53-54(47)50-18-7-8-21-52(50)56-53)43-33-27-39(28-34-43)51-35-40-12-2-4-15-46(40)48-16-5-6-17-49(48)51/h1-35H/i25D,26D,31D,32D. The molecule has 0 unspecified atom stereocenters. The van der Waals surface area contributed by atoms with Crippen LogP contribution < -0.4 is 4.90 Å². The molecule has 0 N–H and O–H groups in total. The highest BCUT2D eigenvalue weighted by Crippen LogP contribution is 2.42. The molecule has 0 aliphatic rings. The summed E-state index contributed by atoms with van der Waals surface area (Å²) in [5, 5.41) is 8.63. The van der Waals surface area contributed by atoms with Crippen LogP contribution in [0, 0.1) is 0 Å². The fourth-order valence-corrected chi connectivity index (χ4v) is 8.29. The highest BCUT2D eigenvalue weighted by Gasteiger charge is 2.17. The summed E-state index contributed by atoms with van der Waals surface area (Å²) in [7, 11) is 0. The van der Waals surface area contributed by atoms with Crippen molar-refractivity contribution < 1.29 is 9.90 Å². The van der Waals surface area contributed by atoms with Gasteiger partial charge in [-0.1, -0.05) is 158 Å². The number of fused-ring (bicyclic) bond motifs is 7. The van der Waals surface area contributed by atoms with Gasteiger partial charge >= 0.3 is 0 Å². The Hall–Kier alpha value is -7.42. The fourth-order valence-electron chi connectivity index (χ4n) is 8.29. The number of nitrogens with zero attached hydrogens (tertiary/aromatic N) is 1.